The minimum atomic E-state index is -0.275. The Morgan fingerprint density at radius 1 is 1.21 bits per heavy atom. The number of benzene rings is 2. The van der Waals surface area contributed by atoms with Crippen molar-refractivity contribution in [1.29, 1.82) is 0 Å². The number of aryl methyl sites for hydroxylation is 1. The zero-order valence-electron chi connectivity index (χ0n) is 13.6. The lowest BCUT2D eigenvalue weighted by molar-refractivity contribution is -0.121. The lowest BCUT2D eigenvalue weighted by Gasteiger charge is -2.14. The topological polar surface area (TPSA) is 57.8 Å². The Kier molecular flexibility index (Phi) is 4.89. The van der Waals surface area contributed by atoms with E-state index in [2.05, 4.69) is 15.3 Å². The van der Waals surface area contributed by atoms with E-state index in [-0.39, 0.29) is 17.8 Å². The van der Waals surface area contributed by atoms with Crippen molar-refractivity contribution in [3.8, 4) is 0 Å². The summed E-state index contributed by atoms with van der Waals surface area (Å²) in [6.45, 7) is 1.89. The number of rotatable bonds is 6. The number of aromatic amines is 1. The van der Waals surface area contributed by atoms with Crippen LogP contribution in [0.4, 0.5) is 4.39 Å². The second kappa shape index (κ2) is 7.25. The van der Waals surface area contributed by atoms with Gasteiger partial charge in [0.2, 0.25) is 5.91 Å². The molecule has 2 N–H and O–H groups in total. The van der Waals surface area contributed by atoms with Crippen molar-refractivity contribution < 1.29 is 9.18 Å². The van der Waals surface area contributed by atoms with E-state index in [0.29, 0.717) is 6.42 Å². The first-order chi connectivity index (χ1) is 11.6. The first-order valence-electron chi connectivity index (χ1n) is 8.10. The molecule has 0 saturated carbocycles. The minimum absolute atomic E-state index is 0.0112. The third kappa shape index (κ3) is 3.98. The molecule has 0 bridgehead atoms. The van der Waals surface area contributed by atoms with Gasteiger partial charge in [0.05, 0.1) is 17.1 Å². The molecular formula is C19H20FN3O. The number of nitrogens with one attached hydrogen (secondary N) is 2. The highest BCUT2D eigenvalue weighted by atomic mass is 19.1. The first kappa shape index (κ1) is 16.2. The van der Waals surface area contributed by atoms with Crippen molar-refractivity contribution in [2.75, 3.05) is 0 Å². The quantitative estimate of drug-likeness (QED) is 0.722. The van der Waals surface area contributed by atoms with Crippen LogP contribution in [0.3, 0.4) is 0 Å². The molecule has 2 aromatic carbocycles. The molecule has 0 aliphatic carbocycles. The van der Waals surface area contributed by atoms with E-state index in [4.69, 9.17) is 0 Å². The van der Waals surface area contributed by atoms with Gasteiger partial charge in [-0.3, -0.25) is 4.79 Å². The Hall–Kier alpha value is -2.69. The number of aromatic nitrogens is 2. The molecule has 124 valence electrons. The van der Waals surface area contributed by atoms with E-state index in [9.17, 15) is 9.18 Å². The molecule has 4 nitrogen and oxygen atoms in total. The Morgan fingerprint density at radius 2 is 1.96 bits per heavy atom. The van der Waals surface area contributed by atoms with Crippen LogP contribution in [0.15, 0.2) is 48.5 Å². The lowest BCUT2D eigenvalue weighted by Crippen LogP contribution is -2.26. The van der Waals surface area contributed by atoms with Crippen LogP contribution < -0.4 is 5.32 Å². The number of H-pyrrole nitrogens is 1. The zero-order chi connectivity index (χ0) is 16.9. The smallest absolute Gasteiger partial charge is 0.220 e. The summed E-state index contributed by atoms with van der Waals surface area (Å²) in [5.74, 6) is 0.613. The van der Waals surface area contributed by atoms with Gasteiger partial charge in [0.15, 0.2) is 0 Å². The fourth-order valence-corrected chi connectivity index (χ4v) is 2.69. The maximum Gasteiger partial charge on any atom is 0.220 e. The minimum Gasteiger partial charge on any atom is -0.350 e. The summed E-state index contributed by atoms with van der Waals surface area (Å²) in [5.41, 5.74) is 2.85. The predicted octanol–water partition coefficient (Wildman–Crippen LogP) is 3.90. The van der Waals surface area contributed by atoms with Crippen LogP contribution in [0, 0.1) is 5.82 Å². The van der Waals surface area contributed by atoms with Gasteiger partial charge in [-0.2, -0.15) is 0 Å². The van der Waals surface area contributed by atoms with Gasteiger partial charge < -0.3 is 10.3 Å². The molecule has 1 atom stereocenters. The summed E-state index contributed by atoms with van der Waals surface area (Å²) in [5, 5.41) is 2.94. The van der Waals surface area contributed by atoms with E-state index < -0.39 is 0 Å². The summed E-state index contributed by atoms with van der Waals surface area (Å²) in [4.78, 5) is 19.8. The van der Waals surface area contributed by atoms with Gasteiger partial charge in [-0.05, 0) is 43.2 Å². The zero-order valence-corrected chi connectivity index (χ0v) is 13.6. The van der Waals surface area contributed by atoms with E-state index in [1.165, 1.54) is 12.1 Å². The van der Waals surface area contributed by atoms with E-state index in [1.54, 1.807) is 12.1 Å². The van der Waals surface area contributed by atoms with Crippen molar-refractivity contribution in [2.45, 2.75) is 32.2 Å². The number of fused-ring (bicyclic) bond motifs is 1. The number of para-hydroxylation sites is 2. The molecule has 24 heavy (non-hydrogen) atoms. The van der Waals surface area contributed by atoms with E-state index in [1.807, 2.05) is 31.2 Å². The van der Waals surface area contributed by atoms with Gasteiger partial charge in [-0.15, -0.1) is 0 Å². The predicted molar refractivity (Wildman–Crippen MR) is 92.0 cm³/mol. The third-order valence-electron chi connectivity index (χ3n) is 4.00. The van der Waals surface area contributed by atoms with Gasteiger partial charge in [0.1, 0.15) is 11.6 Å². The third-order valence-corrected chi connectivity index (χ3v) is 4.00. The van der Waals surface area contributed by atoms with Crippen LogP contribution in [0.25, 0.3) is 11.0 Å². The van der Waals surface area contributed by atoms with Crippen LogP contribution >= 0.6 is 0 Å². The van der Waals surface area contributed by atoms with E-state index >= 15 is 0 Å². The Labute approximate surface area is 140 Å². The normalized spacial score (nSPS) is 12.2. The average Bonchev–Trinajstić information content (AvgIpc) is 2.98. The van der Waals surface area contributed by atoms with Crippen LogP contribution in [-0.4, -0.2) is 15.9 Å². The first-order valence-corrected chi connectivity index (χ1v) is 8.10. The molecule has 0 radical (unpaired) electrons. The fraction of sp³-hybridized carbons (Fsp3) is 0.263. The van der Waals surface area contributed by atoms with Crippen molar-refractivity contribution in [2.24, 2.45) is 0 Å². The SMILES string of the molecule is C[C@H](NC(=O)CCCc1nc2ccccc2[nH]1)c1ccc(F)cc1. The van der Waals surface area contributed by atoms with Crippen LogP contribution in [-0.2, 0) is 11.2 Å². The molecule has 0 aliphatic heterocycles. The van der Waals surface area contributed by atoms with Crippen molar-refractivity contribution in [3.05, 3.63) is 65.7 Å². The number of hydrogen-bond donors (Lipinski definition) is 2. The van der Waals surface area contributed by atoms with Crippen molar-refractivity contribution >= 4 is 16.9 Å². The number of hydrogen-bond acceptors (Lipinski definition) is 2. The van der Waals surface area contributed by atoms with Crippen LogP contribution in [0.5, 0.6) is 0 Å². The largest absolute Gasteiger partial charge is 0.350 e. The highest BCUT2D eigenvalue weighted by molar-refractivity contribution is 5.76. The van der Waals surface area contributed by atoms with Gasteiger partial charge in [0.25, 0.3) is 0 Å². The number of halogens is 1. The molecule has 3 aromatic rings. The number of imidazole rings is 1. The molecular weight excluding hydrogens is 305 g/mol. The second-order valence-corrected chi connectivity index (χ2v) is 5.89. The number of nitrogens with zero attached hydrogens (tertiary/aromatic N) is 1. The average molecular weight is 325 g/mol. The summed E-state index contributed by atoms with van der Waals surface area (Å²) in [7, 11) is 0. The van der Waals surface area contributed by atoms with Crippen molar-refractivity contribution in [3.63, 3.8) is 0 Å². The highest BCUT2D eigenvalue weighted by Crippen LogP contribution is 2.14. The van der Waals surface area contributed by atoms with E-state index in [0.717, 1.165) is 35.3 Å². The maximum absolute atomic E-state index is 12.9. The molecule has 1 amide bonds. The number of carbonyl (C=O) groups is 1. The van der Waals surface area contributed by atoms with Gasteiger partial charge in [-0.25, -0.2) is 9.37 Å². The lowest BCUT2D eigenvalue weighted by atomic mass is 10.1. The van der Waals surface area contributed by atoms with Crippen LogP contribution in [0.1, 0.15) is 37.2 Å². The van der Waals surface area contributed by atoms with Crippen molar-refractivity contribution in [1.82, 2.24) is 15.3 Å². The standard InChI is InChI=1S/C19H20FN3O/c1-13(14-9-11-15(20)12-10-14)21-19(24)8-4-7-18-22-16-5-2-3-6-17(16)23-18/h2-3,5-6,9-13H,4,7-8H2,1H3,(H,21,24)(H,22,23)/t13-/m0/s1. The summed E-state index contributed by atoms with van der Waals surface area (Å²) >= 11 is 0. The number of amides is 1. The van der Waals surface area contributed by atoms with Gasteiger partial charge >= 0.3 is 0 Å². The molecule has 0 spiro atoms. The molecule has 0 fully saturated rings. The summed E-state index contributed by atoms with van der Waals surface area (Å²) in [6.07, 6.45) is 1.89. The summed E-state index contributed by atoms with van der Waals surface area (Å²) < 4.78 is 12.9. The molecule has 0 aliphatic rings. The Bertz CT molecular complexity index is 793. The molecule has 5 heteroatoms. The fourth-order valence-electron chi connectivity index (χ4n) is 2.69. The van der Waals surface area contributed by atoms with Gasteiger partial charge in [-0.1, -0.05) is 24.3 Å². The molecule has 1 heterocycles. The molecule has 0 unspecified atom stereocenters. The van der Waals surface area contributed by atoms with Crippen LogP contribution in [0.2, 0.25) is 0 Å². The summed E-state index contributed by atoms with van der Waals surface area (Å²) in [6, 6.07) is 13.9. The van der Waals surface area contributed by atoms with Gasteiger partial charge in [0, 0.05) is 12.8 Å². The Morgan fingerprint density at radius 3 is 2.71 bits per heavy atom. The highest BCUT2D eigenvalue weighted by Gasteiger charge is 2.10. The Balaban J connectivity index is 1.47. The monoisotopic (exact) mass is 325 g/mol. The molecule has 0 saturated heterocycles. The molecule has 1 aromatic heterocycles. The second-order valence-electron chi connectivity index (χ2n) is 5.89. The molecule has 3 rings (SSSR count). The maximum atomic E-state index is 12.9. The number of carbonyl (C=O) groups excluding carboxylic acids is 1.